The molecule has 0 unspecified atom stereocenters. The molecule has 2 rings (SSSR count). The highest BCUT2D eigenvalue weighted by molar-refractivity contribution is 14.1. The summed E-state index contributed by atoms with van der Waals surface area (Å²) in [6.07, 6.45) is 0. The van der Waals surface area contributed by atoms with Gasteiger partial charge in [0, 0.05) is 21.4 Å². The van der Waals surface area contributed by atoms with Crippen LogP contribution in [0, 0.1) is 3.57 Å². The highest BCUT2D eigenvalue weighted by Crippen LogP contribution is 2.30. The molecule has 0 aliphatic carbocycles. The van der Waals surface area contributed by atoms with Gasteiger partial charge in [0.05, 0.1) is 6.61 Å². The van der Waals surface area contributed by atoms with Crippen LogP contribution >= 0.6 is 22.6 Å². The van der Waals surface area contributed by atoms with E-state index in [4.69, 9.17) is 4.74 Å². The second kappa shape index (κ2) is 6.65. The van der Waals surface area contributed by atoms with Crippen molar-refractivity contribution in [3.63, 3.8) is 0 Å². The first-order valence-electron chi connectivity index (χ1n) is 6.14. The zero-order valence-electron chi connectivity index (χ0n) is 10.7. The fourth-order valence-electron chi connectivity index (χ4n) is 1.78. The SMILES string of the molecule is CCOc1cccc(CNc2ccccc2I)c1O. The van der Waals surface area contributed by atoms with Crippen LogP contribution < -0.4 is 10.1 Å². The molecular weight excluding hydrogens is 353 g/mol. The number of nitrogens with one attached hydrogen (secondary N) is 1. The van der Waals surface area contributed by atoms with Crippen molar-refractivity contribution in [2.75, 3.05) is 11.9 Å². The number of phenols is 1. The molecule has 0 spiro atoms. The van der Waals surface area contributed by atoms with Crippen LogP contribution in [0.25, 0.3) is 0 Å². The Morgan fingerprint density at radius 2 is 1.95 bits per heavy atom. The lowest BCUT2D eigenvalue weighted by atomic mass is 10.2. The molecule has 0 radical (unpaired) electrons. The molecule has 0 atom stereocenters. The van der Waals surface area contributed by atoms with E-state index in [1.165, 1.54) is 0 Å². The predicted octanol–water partition coefficient (Wildman–Crippen LogP) is 4.01. The summed E-state index contributed by atoms with van der Waals surface area (Å²) >= 11 is 2.28. The second-order valence-electron chi connectivity index (χ2n) is 4.03. The van der Waals surface area contributed by atoms with Gasteiger partial charge in [0.2, 0.25) is 0 Å². The van der Waals surface area contributed by atoms with E-state index >= 15 is 0 Å². The average Bonchev–Trinajstić information content (AvgIpc) is 2.42. The van der Waals surface area contributed by atoms with Gasteiger partial charge in [0.25, 0.3) is 0 Å². The van der Waals surface area contributed by atoms with Crippen LogP contribution in [0.5, 0.6) is 11.5 Å². The maximum atomic E-state index is 10.1. The zero-order valence-corrected chi connectivity index (χ0v) is 12.8. The topological polar surface area (TPSA) is 41.5 Å². The molecule has 3 nitrogen and oxygen atoms in total. The number of hydrogen-bond acceptors (Lipinski definition) is 3. The second-order valence-corrected chi connectivity index (χ2v) is 5.19. The van der Waals surface area contributed by atoms with Crippen LogP contribution in [0.2, 0.25) is 0 Å². The maximum absolute atomic E-state index is 10.1. The Kier molecular flexibility index (Phi) is 4.90. The maximum Gasteiger partial charge on any atom is 0.162 e. The molecule has 0 aromatic heterocycles. The summed E-state index contributed by atoms with van der Waals surface area (Å²) in [5.74, 6) is 0.743. The van der Waals surface area contributed by atoms with Gasteiger partial charge in [0.15, 0.2) is 11.5 Å². The van der Waals surface area contributed by atoms with E-state index in [1.807, 2.05) is 43.3 Å². The van der Waals surface area contributed by atoms with E-state index in [1.54, 1.807) is 6.07 Å². The third kappa shape index (κ3) is 3.53. The first kappa shape index (κ1) is 14.0. The molecule has 0 saturated heterocycles. The number of benzene rings is 2. The van der Waals surface area contributed by atoms with Crippen molar-refractivity contribution in [2.45, 2.75) is 13.5 Å². The third-order valence-corrected chi connectivity index (χ3v) is 3.67. The first-order chi connectivity index (χ1) is 9.22. The monoisotopic (exact) mass is 369 g/mol. The van der Waals surface area contributed by atoms with Gasteiger partial charge in [-0.1, -0.05) is 24.3 Å². The Labute approximate surface area is 126 Å². The van der Waals surface area contributed by atoms with Crippen molar-refractivity contribution < 1.29 is 9.84 Å². The molecule has 0 heterocycles. The summed E-state index contributed by atoms with van der Waals surface area (Å²) in [4.78, 5) is 0. The third-order valence-electron chi connectivity index (χ3n) is 2.73. The molecule has 0 aliphatic rings. The summed E-state index contributed by atoms with van der Waals surface area (Å²) < 4.78 is 6.53. The van der Waals surface area contributed by atoms with Crippen LogP contribution in [0.15, 0.2) is 42.5 Å². The average molecular weight is 369 g/mol. The molecule has 0 bridgehead atoms. The molecule has 100 valence electrons. The number of phenolic OH excluding ortho intramolecular Hbond substituents is 1. The predicted molar refractivity (Wildman–Crippen MR) is 85.8 cm³/mol. The van der Waals surface area contributed by atoms with E-state index in [2.05, 4.69) is 27.9 Å². The largest absolute Gasteiger partial charge is 0.504 e. The molecule has 0 amide bonds. The van der Waals surface area contributed by atoms with Crippen LogP contribution in [0.1, 0.15) is 12.5 Å². The molecule has 19 heavy (non-hydrogen) atoms. The van der Waals surface area contributed by atoms with E-state index in [-0.39, 0.29) is 5.75 Å². The van der Waals surface area contributed by atoms with Crippen molar-refractivity contribution in [2.24, 2.45) is 0 Å². The molecule has 0 saturated carbocycles. The Hall–Kier alpha value is -1.43. The number of halogens is 1. The van der Waals surface area contributed by atoms with Crippen molar-refractivity contribution in [1.82, 2.24) is 0 Å². The molecule has 2 aromatic carbocycles. The standard InChI is InChI=1S/C15H16INO2/c1-2-19-14-9-5-6-11(15(14)18)10-17-13-8-4-3-7-12(13)16/h3-9,17-18H,2,10H2,1H3. The fraction of sp³-hybridized carbons (Fsp3) is 0.200. The van der Waals surface area contributed by atoms with Gasteiger partial charge < -0.3 is 15.2 Å². The number of aromatic hydroxyl groups is 1. The van der Waals surface area contributed by atoms with Crippen molar-refractivity contribution in [3.8, 4) is 11.5 Å². The quantitative estimate of drug-likeness (QED) is 0.783. The van der Waals surface area contributed by atoms with Gasteiger partial charge in [0.1, 0.15) is 0 Å². The molecule has 2 N–H and O–H groups in total. The Bertz CT molecular complexity index is 558. The Morgan fingerprint density at radius 3 is 2.68 bits per heavy atom. The highest BCUT2D eigenvalue weighted by atomic mass is 127. The molecule has 0 fully saturated rings. The number of para-hydroxylation sites is 2. The van der Waals surface area contributed by atoms with Crippen LogP contribution in [0.4, 0.5) is 5.69 Å². The fourth-order valence-corrected chi connectivity index (χ4v) is 2.36. The minimum Gasteiger partial charge on any atom is -0.504 e. The summed E-state index contributed by atoms with van der Waals surface area (Å²) in [5, 5.41) is 13.4. The number of hydrogen-bond donors (Lipinski definition) is 2. The van der Waals surface area contributed by atoms with E-state index in [0.717, 1.165) is 14.8 Å². The summed E-state index contributed by atoms with van der Waals surface area (Å²) in [5.41, 5.74) is 1.88. The van der Waals surface area contributed by atoms with Gasteiger partial charge in [-0.25, -0.2) is 0 Å². The molecular formula is C15H16INO2. The van der Waals surface area contributed by atoms with Crippen molar-refractivity contribution in [1.29, 1.82) is 0 Å². The Balaban J connectivity index is 2.12. The van der Waals surface area contributed by atoms with Gasteiger partial charge in [-0.3, -0.25) is 0 Å². The normalized spacial score (nSPS) is 10.2. The molecule has 2 aromatic rings. The van der Waals surface area contributed by atoms with E-state index in [9.17, 15) is 5.11 Å². The van der Waals surface area contributed by atoms with Gasteiger partial charge in [-0.15, -0.1) is 0 Å². The van der Waals surface area contributed by atoms with Crippen LogP contribution in [0.3, 0.4) is 0 Å². The molecule has 4 heteroatoms. The lowest BCUT2D eigenvalue weighted by Gasteiger charge is -2.12. The van der Waals surface area contributed by atoms with Crippen molar-refractivity contribution >= 4 is 28.3 Å². The highest BCUT2D eigenvalue weighted by Gasteiger charge is 2.08. The van der Waals surface area contributed by atoms with Crippen LogP contribution in [-0.2, 0) is 6.54 Å². The number of anilines is 1. The Morgan fingerprint density at radius 1 is 1.16 bits per heavy atom. The lowest BCUT2D eigenvalue weighted by Crippen LogP contribution is -2.02. The minimum atomic E-state index is 0.211. The smallest absolute Gasteiger partial charge is 0.162 e. The van der Waals surface area contributed by atoms with E-state index < -0.39 is 0 Å². The van der Waals surface area contributed by atoms with E-state index in [0.29, 0.717) is 18.9 Å². The van der Waals surface area contributed by atoms with Gasteiger partial charge >= 0.3 is 0 Å². The lowest BCUT2D eigenvalue weighted by molar-refractivity contribution is 0.317. The first-order valence-corrected chi connectivity index (χ1v) is 7.22. The van der Waals surface area contributed by atoms with Gasteiger partial charge in [-0.2, -0.15) is 0 Å². The summed E-state index contributed by atoms with van der Waals surface area (Å²) in [6, 6.07) is 13.6. The van der Waals surface area contributed by atoms with Crippen LogP contribution in [-0.4, -0.2) is 11.7 Å². The van der Waals surface area contributed by atoms with Gasteiger partial charge in [-0.05, 0) is 47.7 Å². The van der Waals surface area contributed by atoms with Crippen molar-refractivity contribution in [3.05, 3.63) is 51.6 Å². The molecule has 0 aliphatic heterocycles. The zero-order chi connectivity index (χ0) is 13.7. The minimum absolute atomic E-state index is 0.211. The summed E-state index contributed by atoms with van der Waals surface area (Å²) in [6.45, 7) is 3.00. The number of ether oxygens (including phenoxy) is 1. The summed E-state index contributed by atoms with van der Waals surface area (Å²) in [7, 11) is 0. The number of rotatable bonds is 5.